The molecule has 4 nitrogen and oxygen atoms in total. The van der Waals surface area contributed by atoms with Crippen molar-refractivity contribution in [2.75, 3.05) is 31.9 Å². The van der Waals surface area contributed by atoms with Gasteiger partial charge in [-0.25, -0.2) is 8.42 Å². The summed E-state index contributed by atoms with van der Waals surface area (Å²) in [6, 6.07) is 0. The van der Waals surface area contributed by atoms with E-state index in [0.717, 1.165) is 13.1 Å². The van der Waals surface area contributed by atoms with Gasteiger partial charge in [-0.05, 0) is 13.0 Å². The van der Waals surface area contributed by atoms with Crippen molar-refractivity contribution in [2.24, 2.45) is 0 Å². The third-order valence-corrected chi connectivity index (χ3v) is 3.94. The predicted octanol–water partition coefficient (Wildman–Crippen LogP) is -0.202. The monoisotopic (exact) mass is 204 g/mol. The van der Waals surface area contributed by atoms with E-state index in [-0.39, 0.29) is 5.75 Å². The lowest BCUT2D eigenvalue weighted by Crippen LogP contribution is -2.41. The van der Waals surface area contributed by atoms with Crippen LogP contribution in [-0.2, 0) is 10.0 Å². The molecule has 0 radical (unpaired) electrons. The van der Waals surface area contributed by atoms with Crippen LogP contribution in [0.25, 0.3) is 0 Å². The van der Waals surface area contributed by atoms with E-state index in [0.29, 0.717) is 19.5 Å². The average molecular weight is 204 g/mol. The molecule has 0 atom stereocenters. The standard InChI is InChI=1S/C8H16N2O2S/c1-2-6-10-7-5-9-4-3-8-13(10,11)12/h2,9H,1,3-8H2. The molecular formula is C8H16N2O2S. The molecule has 0 amide bonds. The zero-order chi connectivity index (χ0) is 9.73. The summed E-state index contributed by atoms with van der Waals surface area (Å²) in [7, 11) is -3.02. The fraction of sp³-hybridized carbons (Fsp3) is 0.750. The van der Waals surface area contributed by atoms with Gasteiger partial charge in [-0.15, -0.1) is 6.58 Å². The van der Waals surface area contributed by atoms with E-state index in [1.807, 2.05) is 0 Å². The summed E-state index contributed by atoms with van der Waals surface area (Å²) in [5.74, 6) is 0.244. The zero-order valence-electron chi connectivity index (χ0n) is 7.70. The van der Waals surface area contributed by atoms with Gasteiger partial charge in [-0.3, -0.25) is 0 Å². The molecule has 5 heteroatoms. The van der Waals surface area contributed by atoms with E-state index in [1.54, 1.807) is 6.08 Å². The average Bonchev–Trinajstić information content (AvgIpc) is 2.06. The van der Waals surface area contributed by atoms with Crippen molar-refractivity contribution in [3.63, 3.8) is 0 Å². The highest BCUT2D eigenvalue weighted by Gasteiger charge is 2.21. The summed E-state index contributed by atoms with van der Waals surface area (Å²) in [6.07, 6.45) is 2.31. The molecular weight excluding hydrogens is 188 g/mol. The first-order chi connectivity index (χ1) is 6.17. The smallest absolute Gasteiger partial charge is 0.214 e. The lowest BCUT2D eigenvalue weighted by molar-refractivity contribution is 0.421. The lowest BCUT2D eigenvalue weighted by atomic mass is 10.4. The minimum atomic E-state index is -3.02. The maximum atomic E-state index is 11.6. The Morgan fingerprint density at radius 2 is 2.23 bits per heavy atom. The van der Waals surface area contributed by atoms with Crippen molar-refractivity contribution in [1.29, 1.82) is 0 Å². The van der Waals surface area contributed by atoms with E-state index in [4.69, 9.17) is 0 Å². The van der Waals surface area contributed by atoms with E-state index in [1.165, 1.54) is 4.31 Å². The van der Waals surface area contributed by atoms with Gasteiger partial charge in [-0.2, -0.15) is 4.31 Å². The molecule has 0 aromatic carbocycles. The second-order valence-corrected chi connectivity index (χ2v) is 5.15. The summed E-state index contributed by atoms with van der Waals surface area (Å²) in [6.45, 7) is 6.04. The number of nitrogens with zero attached hydrogens (tertiary/aromatic N) is 1. The number of hydrogen-bond donors (Lipinski definition) is 1. The summed E-state index contributed by atoms with van der Waals surface area (Å²) in [5, 5.41) is 3.17. The summed E-state index contributed by atoms with van der Waals surface area (Å²) < 4.78 is 24.7. The Labute approximate surface area is 79.7 Å². The van der Waals surface area contributed by atoms with Crippen LogP contribution < -0.4 is 5.32 Å². The van der Waals surface area contributed by atoms with Crippen molar-refractivity contribution in [1.82, 2.24) is 9.62 Å². The highest BCUT2D eigenvalue weighted by atomic mass is 32.2. The van der Waals surface area contributed by atoms with Crippen LogP contribution in [0.2, 0.25) is 0 Å². The molecule has 1 heterocycles. The summed E-state index contributed by atoms with van der Waals surface area (Å²) in [5.41, 5.74) is 0. The maximum absolute atomic E-state index is 11.6. The van der Waals surface area contributed by atoms with Crippen LogP contribution in [0.3, 0.4) is 0 Å². The van der Waals surface area contributed by atoms with Gasteiger partial charge in [0.15, 0.2) is 0 Å². The molecule has 0 unspecified atom stereocenters. The van der Waals surface area contributed by atoms with Gasteiger partial charge in [0, 0.05) is 19.6 Å². The first-order valence-corrected chi connectivity index (χ1v) is 6.07. The lowest BCUT2D eigenvalue weighted by Gasteiger charge is -2.23. The molecule has 1 saturated heterocycles. The summed E-state index contributed by atoms with van der Waals surface area (Å²) in [4.78, 5) is 0. The third-order valence-electron chi connectivity index (χ3n) is 2.02. The fourth-order valence-electron chi connectivity index (χ4n) is 1.33. The Hall–Kier alpha value is -0.390. The molecule has 0 aliphatic carbocycles. The van der Waals surface area contributed by atoms with Gasteiger partial charge in [0.1, 0.15) is 0 Å². The minimum Gasteiger partial charge on any atom is -0.315 e. The highest BCUT2D eigenvalue weighted by Crippen LogP contribution is 2.04. The molecule has 1 N–H and O–H groups in total. The van der Waals surface area contributed by atoms with Crippen LogP contribution in [0.4, 0.5) is 0 Å². The fourth-order valence-corrected chi connectivity index (χ4v) is 2.79. The SMILES string of the molecule is C=CCN1CCNCCCS1(=O)=O. The van der Waals surface area contributed by atoms with Crippen molar-refractivity contribution in [3.8, 4) is 0 Å². The zero-order valence-corrected chi connectivity index (χ0v) is 8.52. The molecule has 76 valence electrons. The van der Waals surface area contributed by atoms with Crippen LogP contribution >= 0.6 is 0 Å². The Balaban J connectivity index is 2.68. The summed E-state index contributed by atoms with van der Waals surface area (Å²) >= 11 is 0. The minimum absolute atomic E-state index is 0.244. The van der Waals surface area contributed by atoms with E-state index >= 15 is 0 Å². The van der Waals surface area contributed by atoms with Crippen molar-refractivity contribution in [3.05, 3.63) is 12.7 Å². The Morgan fingerprint density at radius 3 is 2.92 bits per heavy atom. The quantitative estimate of drug-likeness (QED) is 0.634. The van der Waals surface area contributed by atoms with Crippen LogP contribution in [0, 0.1) is 0 Å². The molecule has 1 aliphatic heterocycles. The largest absolute Gasteiger partial charge is 0.315 e. The first kappa shape index (κ1) is 10.7. The topological polar surface area (TPSA) is 49.4 Å². The second-order valence-electron chi connectivity index (χ2n) is 3.07. The number of hydrogen-bond acceptors (Lipinski definition) is 3. The van der Waals surface area contributed by atoms with Crippen LogP contribution in [0.1, 0.15) is 6.42 Å². The Bertz CT molecular complexity index is 261. The maximum Gasteiger partial charge on any atom is 0.214 e. The highest BCUT2D eigenvalue weighted by molar-refractivity contribution is 7.89. The van der Waals surface area contributed by atoms with E-state index in [9.17, 15) is 8.42 Å². The van der Waals surface area contributed by atoms with E-state index < -0.39 is 10.0 Å². The van der Waals surface area contributed by atoms with Crippen molar-refractivity contribution >= 4 is 10.0 Å². The third kappa shape index (κ3) is 3.10. The first-order valence-electron chi connectivity index (χ1n) is 4.46. The van der Waals surface area contributed by atoms with Crippen molar-refractivity contribution in [2.45, 2.75) is 6.42 Å². The molecule has 0 bridgehead atoms. The normalized spacial score (nSPS) is 24.6. The number of nitrogens with one attached hydrogen (secondary N) is 1. The van der Waals surface area contributed by atoms with Gasteiger partial charge in [0.2, 0.25) is 10.0 Å². The molecule has 1 rings (SSSR count). The van der Waals surface area contributed by atoms with Gasteiger partial charge in [0.05, 0.1) is 5.75 Å². The molecule has 1 fully saturated rings. The van der Waals surface area contributed by atoms with Crippen molar-refractivity contribution < 1.29 is 8.42 Å². The van der Waals surface area contributed by atoms with E-state index in [2.05, 4.69) is 11.9 Å². The Kier molecular flexibility index (Phi) is 3.90. The second kappa shape index (κ2) is 4.74. The number of rotatable bonds is 2. The van der Waals surface area contributed by atoms with Gasteiger partial charge < -0.3 is 5.32 Å². The molecule has 1 aliphatic rings. The van der Waals surface area contributed by atoms with Crippen LogP contribution in [0.5, 0.6) is 0 Å². The van der Waals surface area contributed by atoms with Gasteiger partial charge in [0.25, 0.3) is 0 Å². The van der Waals surface area contributed by atoms with Gasteiger partial charge >= 0.3 is 0 Å². The molecule has 0 aromatic rings. The van der Waals surface area contributed by atoms with Gasteiger partial charge in [-0.1, -0.05) is 6.08 Å². The van der Waals surface area contributed by atoms with Crippen LogP contribution in [-0.4, -0.2) is 44.7 Å². The Morgan fingerprint density at radius 1 is 1.46 bits per heavy atom. The van der Waals surface area contributed by atoms with Crippen LogP contribution in [0.15, 0.2) is 12.7 Å². The molecule has 0 spiro atoms. The molecule has 0 aromatic heterocycles. The molecule has 13 heavy (non-hydrogen) atoms. The predicted molar refractivity (Wildman–Crippen MR) is 53.0 cm³/mol. The number of sulfonamides is 1. The molecule has 0 saturated carbocycles.